The number of amides is 1. The molecule has 1 rings (SSSR count). The molecular weight excluding hydrogens is 309 g/mol. The number of carbonyl (C=O) groups is 1. The Labute approximate surface area is 125 Å². The summed E-state index contributed by atoms with van der Waals surface area (Å²) >= 11 is 5.56. The van der Waals surface area contributed by atoms with Crippen LogP contribution < -0.4 is 10.6 Å². The standard InChI is InChI=1S/C13H16ClF3N2O2/c1-21-6-2-5-18-12(20)8-19-11-4-3-9(14)7-10(11)13(15,16)17/h3-4,7,19H,2,5-6,8H2,1H3,(H,18,20). The molecule has 4 nitrogen and oxygen atoms in total. The predicted octanol–water partition coefficient (Wildman–Crippen LogP) is 2.92. The van der Waals surface area contributed by atoms with Crippen molar-refractivity contribution in [1.29, 1.82) is 0 Å². The molecule has 1 amide bonds. The van der Waals surface area contributed by atoms with Gasteiger partial charge in [-0.05, 0) is 24.6 Å². The van der Waals surface area contributed by atoms with E-state index in [1.807, 2.05) is 0 Å². The summed E-state index contributed by atoms with van der Waals surface area (Å²) in [5, 5.41) is 5.02. The fourth-order valence-electron chi connectivity index (χ4n) is 1.59. The maximum Gasteiger partial charge on any atom is 0.418 e. The van der Waals surface area contributed by atoms with Crippen LogP contribution in [0.2, 0.25) is 5.02 Å². The van der Waals surface area contributed by atoms with E-state index in [9.17, 15) is 18.0 Å². The zero-order valence-corrected chi connectivity index (χ0v) is 12.1. The third-order valence-corrected chi connectivity index (χ3v) is 2.81. The highest BCUT2D eigenvalue weighted by Crippen LogP contribution is 2.36. The van der Waals surface area contributed by atoms with Gasteiger partial charge in [-0.1, -0.05) is 11.6 Å². The minimum Gasteiger partial charge on any atom is -0.385 e. The van der Waals surface area contributed by atoms with Crippen LogP contribution in [0.3, 0.4) is 0 Å². The van der Waals surface area contributed by atoms with Crippen molar-refractivity contribution in [3.05, 3.63) is 28.8 Å². The van der Waals surface area contributed by atoms with E-state index in [4.69, 9.17) is 16.3 Å². The Morgan fingerprint density at radius 2 is 2.10 bits per heavy atom. The van der Waals surface area contributed by atoms with Gasteiger partial charge in [0.25, 0.3) is 0 Å². The monoisotopic (exact) mass is 324 g/mol. The van der Waals surface area contributed by atoms with Crippen molar-refractivity contribution in [2.24, 2.45) is 0 Å². The van der Waals surface area contributed by atoms with Gasteiger partial charge in [0, 0.05) is 31.0 Å². The number of ether oxygens (including phenoxy) is 1. The first-order valence-electron chi connectivity index (χ1n) is 6.21. The number of nitrogens with one attached hydrogen (secondary N) is 2. The van der Waals surface area contributed by atoms with E-state index in [0.717, 1.165) is 6.07 Å². The second-order valence-corrected chi connectivity index (χ2v) is 4.67. The van der Waals surface area contributed by atoms with Crippen LogP contribution in [0.1, 0.15) is 12.0 Å². The summed E-state index contributed by atoms with van der Waals surface area (Å²) in [6, 6.07) is 3.35. The van der Waals surface area contributed by atoms with Crippen molar-refractivity contribution in [3.8, 4) is 0 Å². The van der Waals surface area contributed by atoms with Gasteiger partial charge in [0.1, 0.15) is 0 Å². The summed E-state index contributed by atoms with van der Waals surface area (Å²) in [6.45, 7) is 0.655. The number of carbonyl (C=O) groups excluding carboxylic acids is 1. The molecule has 1 aromatic carbocycles. The molecule has 0 fully saturated rings. The summed E-state index contributed by atoms with van der Waals surface area (Å²) in [5.41, 5.74) is -1.08. The molecule has 0 atom stereocenters. The van der Waals surface area contributed by atoms with Gasteiger partial charge in [0.05, 0.1) is 12.1 Å². The SMILES string of the molecule is COCCCNC(=O)CNc1ccc(Cl)cc1C(F)(F)F. The lowest BCUT2D eigenvalue weighted by atomic mass is 10.1. The smallest absolute Gasteiger partial charge is 0.385 e. The zero-order chi connectivity index (χ0) is 15.9. The van der Waals surface area contributed by atoms with E-state index >= 15 is 0 Å². The molecule has 0 aliphatic heterocycles. The Bertz CT molecular complexity index is 481. The minimum atomic E-state index is -4.54. The normalized spacial score (nSPS) is 11.3. The predicted molar refractivity (Wildman–Crippen MR) is 74.4 cm³/mol. The fourth-order valence-corrected chi connectivity index (χ4v) is 1.76. The van der Waals surface area contributed by atoms with Crippen molar-refractivity contribution < 1.29 is 22.7 Å². The number of benzene rings is 1. The first-order chi connectivity index (χ1) is 9.84. The van der Waals surface area contributed by atoms with Gasteiger partial charge in [-0.2, -0.15) is 13.2 Å². The highest BCUT2D eigenvalue weighted by atomic mass is 35.5. The second kappa shape index (κ2) is 8.09. The largest absolute Gasteiger partial charge is 0.418 e. The molecule has 1 aromatic rings. The van der Waals surface area contributed by atoms with Crippen LogP contribution in [0.15, 0.2) is 18.2 Å². The van der Waals surface area contributed by atoms with Crippen LogP contribution in [-0.2, 0) is 15.7 Å². The number of alkyl halides is 3. The van der Waals surface area contributed by atoms with Gasteiger partial charge in [-0.3, -0.25) is 4.79 Å². The minimum absolute atomic E-state index is 0.0168. The molecule has 0 saturated carbocycles. The number of anilines is 1. The van der Waals surface area contributed by atoms with Crippen molar-refractivity contribution >= 4 is 23.2 Å². The summed E-state index contributed by atoms with van der Waals surface area (Å²) < 4.78 is 43.3. The third kappa shape index (κ3) is 6.22. The fraction of sp³-hybridized carbons (Fsp3) is 0.462. The van der Waals surface area contributed by atoms with Gasteiger partial charge in [0.2, 0.25) is 5.91 Å². The molecule has 0 aromatic heterocycles. The zero-order valence-electron chi connectivity index (χ0n) is 11.4. The Hall–Kier alpha value is -1.47. The summed E-state index contributed by atoms with van der Waals surface area (Å²) in [6.07, 6.45) is -3.90. The van der Waals surface area contributed by atoms with Crippen LogP contribution in [0, 0.1) is 0 Å². The first-order valence-corrected chi connectivity index (χ1v) is 6.58. The van der Waals surface area contributed by atoms with Crippen LogP contribution >= 0.6 is 11.6 Å². The molecule has 0 saturated heterocycles. The Balaban J connectivity index is 2.57. The van der Waals surface area contributed by atoms with E-state index in [1.165, 1.54) is 12.1 Å². The maximum atomic E-state index is 12.8. The molecule has 118 valence electrons. The van der Waals surface area contributed by atoms with Crippen LogP contribution in [-0.4, -0.2) is 32.7 Å². The molecule has 2 N–H and O–H groups in total. The number of hydrogen-bond acceptors (Lipinski definition) is 3. The van der Waals surface area contributed by atoms with E-state index in [1.54, 1.807) is 7.11 Å². The lowest BCUT2D eigenvalue weighted by Crippen LogP contribution is -2.31. The van der Waals surface area contributed by atoms with Gasteiger partial charge < -0.3 is 15.4 Å². The lowest BCUT2D eigenvalue weighted by molar-refractivity contribution is -0.137. The van der Waals surface area contributed by atoms with Crippen LogP contribution in [0.5, 0.6) is 0 Å². The lowest BCUT2D eigenvalue weighted by Gasteiger charge is -2.14. The third-order valence-electron chi connectivity index (χ3n) is 2.57. The van der Waals surface area contributed by atoms with Crippen LogP contribution in [0.25, 0.3) is 0 Å². The van der Waals surface area contributed by atoms with Crippen LogP contribution in [0.4, 0.5) is 18.9 Å². The Morgan fingerprint density at radius 1 is 1.38 bits per heavy atom. The van der Waals surface area contributed by atoms with Crippen molar-refractivity contribution in [2.45, 2.75) is 12.6 Å². The van der Waals surface area contributed by atoms with Gasteiger partial charge >= 0.3 is 6.18 Å². The van der Waals surface area contributed by atoms with E-state index in [-0.39, 0.29) is 17.3 Å². The highest BCUT2D eigenvalue weighted by Gasteiger charge is 2.33. The van der Waals surface area contributed by atoms with E-state index < -0.39 is 17.6 Å². The summed E-state index contributed by atoms with van der Waals surface area (Å²) in [5.74, 6) is -0.394. The number of halogens is 4. The average molecular weight is 325 g/mol. The average Bonchev–Trinajstić information content (AvgIpc) is 2.41. The molecule has 0 spiro atoms. The molecule has 0 heterocycles. The van der Waals surface area contributed by atoms with Gasteiger partial charge in [-0.15, -0.1) is 0 Å². The number of hydrogen-bond donors (Lipinski definition) is 2. The van der Waals surface area contributed by atoms with Crippen molar-refractivity contribution in [2.75, 3.05) is 32.1 Å². The molecule has 8 heteroatoms. The van der Waals surface area contributed by atoms with Gasteiger partial charge in [-0.25, -0.2) is 0 Å². The molecule has 0 bridgehead atoms. The molecule has 21 heavy (non-hydrogen) atoms. The Kier molecular flexibility index (Phi) is 6.77. The van der Waals surface area contributed by atoms with Crippen molar-refractivity contribution in [3.63, 3.8) is 0 Å². The summed E-state index contributed by atoms with van der Waals surface area (Å²) in [7, 11) is 1.54. The molecule has 0 aliphatic rings. The number of rotatable bonds is 7. The highest BCUT2D eigenvalue weighted by molar-refractivity contribution is 6.30. The van der Waals surface area contributed by atoms with E-state index in [0.29, 0.717) is 19.6 Å². The summed E-state index contributed by atoms with van der Waals surface area (Å²) in [4.78, 5) is 11.5. The van der Waals surface area contributed by atoms with E-state index in [2.05, 4.69) is 10.6 Å². The molecular formula is C13H16ClF3N2O2. The maximum absolute atomic E-state index is 12.8. The molecule has 0 unspecified atom stereocenters. The Morgan fingerprint density at radius 3 is 2.71 bits per heavy atom. The topological polar surface area (TPSA) is 50.4 Å². The number of methoxy groups -OCH3 is 1. The molecule has 0 aliphatic carbocycles. The molecule has 0 radical (unpaired) electrons. The van der Waals surface area contributed by atoms with Gasteiger partial charge in [0.15, 0.2) is 0 Å². The quantitative estimate of drug-likeness (QED) is 0.758. The second-order valence-electron chi connectivity index (χ2n) is 4.24. The first kappa shape index (κ1) is 17.6. The van der Waals surface area contributed by atoms with Crippen molar-refractivity contribution in [1.82, 2.24) is 5.32 Å².